The molecule has 10 heavy (non-hydrogen) atoms. The third kappa shape index (κ3) is 0.814. The Morgan fingerprint density at radius 3 is 2.90 bits per heavy atom. The van der Waals surface area contributed by atoms with Gasteiger partial charge in [-0.25, -0.2) is 4.99 Å². The lowest BCUT2D eigenvalue weighted by Crippen LogP contribution is -2.27. The van der Waals surface area contributed by atoms with Crippen LogP contribution in [0.25, 0.3) is 0 Å². The van der Waals surface area contributed by atoms with Crippen LogP contribution in [0.4, 0.5) is 0 Å². The van der Waals surface area contributed by atoms with Crippen molar-refractivity contribution in [3.8, 4) is 0 Å². The molecular formula is C7H11NO2. The first-order chi connectivity index (χ1) is 4.81. The number of hydrogen-bond acceptors (Lipinski definition) is 3. The normalized spacial score (nSPS) is 38.3. The molecule has 1 spiro atoms. The minimum atomic E-state index is 0.00405. The van der Waals surface area contributed by atoms with E-state index in [-0.39, 0.29) is 5.54 Å². The first-order valence-electron chi connectivity index (χ1n) is 3.58. The minimum Gasteiger partial charge on any atom is -0.479 e. The van der Waals surface area contributed by atoms with Gasteiger partial charge in [-0.2, -0.15) is 0 Å². The van der Waals surface area contributed by atoms with E-state index in [1.54, 1.807) is 0 Å². The fourth-order valence-corrected chi connectivity index (χ4v) is 1.44. The maximum atomic E-state index is 5.26. The summed E-state index contributed by atoms with van der Waals surface area (Å²) in [7, 11) is 0. The highest BCUT2D eigenvalue weighted by molar-refractivity contribution is 5.75. The van der Waals surface area contributed by atoms with Crippen LogP contribution in [0.15, 0.2) is 4.99 Å². The molecule has 2 heterocycles. The number of hydrogen-bond donors (Lipinski definition) is 0. The van der Waals surface area contributed by atoms with E-state index in [1.807, 2.05) is 6.92 Å². The Morgan fingerprint density at radius 1 is 1.50 bits per heavy atom. The molecule has 0 saturated carbocycles. The monoisotopic (exact) mass is 141 g/mol. The van der Waals surface area contributed by atoms with E-state index >= 15 is 0 Å². The van der Waals surface area contributed by atoms with Gasteiger partial charge in [0.05, 0.1) is 6.61 Å². The molecular weight excluding hydrogens is 130 g/mol. The third-order valence-electron chi connectivity index (χ3n) is 2.03. The molecule has 0 N–H and O–H groups in total. The van der Waals surface area contributed by atoms with Crippen LogP contribution in [0.1, 0.15) is 13.3 Å². The summed E-state index contributed by atoms with van der Waals surface area (Å²) in [6.45, 7) is 4.19. The first kappa shape index (κ1) is 6.16. The summed E-state index contributed by atoms with van der Waals surface area (Å²) in [5.41, 5.74) is 0.00405. The molecule has 0 aliphatic carbocycles. The van der Waals surface area contributed by atoms with Gasteiger partial charge < -0.3 is 9.47 Å². The van der Waals surface area contributed by atoms with Gasteiger partial charge in [0.1, 0.15) is 12.1 Å². The molecule has 1 unspecified atom stereocenters. The SMILES string of the molecule is CC1=NC2(CCOC2)CO1. The van der Waals surface area contributed by atoms with E-state index in [9.17, 15) is 0 Å². The number of ether oxygens (including phenoxy) is 2. The summed E-state index contributed by atoms with van der Waals surface area (Å²) in [5, 5.41) is 0. The molecule has 56 valence electrons. The third-order valence-corrected chi connectivity index (χ3v) is 2.03. The zero-order valence-electron chi connectivity index (χ0n) is 6.09. The largest absolute Gasteiger partial charge is 0.479 e. The molecule has 2 aliphatic rings. The van der Waals surface area contributed by atoms with Crippen LogP contribution in [0.3, 0.4) is 0 Å². The van der Waals surface area contributed by atoms with Crippen molar-refractivity contribution in [2.75, 3.05) is 19.8 Å². The van der Waals surface area contributed by atoms with Crippen molar-refractivity contribution >= 4 is 5.90 Å². The maximum Gasteiger partial charge on any atom is 0.180 e. The van der Waals surface area contributed by atoms with E-state index in [1.165, 1.54) is 0 Å². The molecule has 2 aliphatic heterocycles. The molecule has 0 aromatic heterocycles. The average Bonchev–Trinajstić information content (AvgIpc) is 2.46. The van der Waals surface area contributed by atoms with Gasteiger partial charge in [-0.1, -0.05) is 0 Å². The predicted octanol–water partition coefficient (Wildman–Crippen LogP) is 0.594. The Kier molecular flexibility index (Phi) is 1.20. The van der Waals surface area contributed by atoms with Crippen LogP contribution in [-0.2, 0) is 9.47 Å². The quantitative estimate of drug-likeness (QED) is 0.494. The van der Waals surface area contributed by atoms with Gasteiger partial charge in [-0.3, -0.25) is 0 Å². The van der Waals surface area contributed by atoms with Crippen molar-refractivity contribution in [1.29, 1.82) is 0 Å². The Labute approximate surface area is 60.0 Å². The molecule has 1 fully saturated rings. The van der Waals surface area contributed by atoms with Crippen LogP contribution in [0.5, 0.6) is 0 Å². The Hall–Kier alpha value is -0.570. The summed E-state index contributed by atoms with van der Waals surface area (Å²) in [6.07, 6.45) is 1.02. The number of rotatable bonds is 0. The van der Waals surface area contributed by atoms with E-state index in [0.29, 0.717) is 0 Å². The number of nitrogens with zero attached hydrogens (tertiary/aromatic N) is 1. The van der Waals surface area contributed by atoms with Gasteiger partial charge in [0.25, 0.3) is 0 Å². The van der Waals surface area contributed by atoms with Crippen LogP contribution in [0, 0.1) is 0 Å². The van der Waals surface area contributed by atoms with Crippen molar-refractivity contribution < 1.29 is 9.47 Å². The summed E-state index contributed by atoms with van der Waals surface area (Å²) in [5.74, 6) is 0.811. The van der Waals surface area contributed by atoms with Crippen molar-refractivity contribution in [3.63, 3.8) is 0 Å². The lowest BCUT2D eigenvalue weighted by Gasteiger charge is -2.12. The molecule has 0 bridgehead atoms. The summed E-state index contributed by atoms with van der Waals surface area (Å²) < 4.78 is 10.5. The lowest BCUT2D eigenvalue weighted by atomic mass is 10.0. The van der Waals surface area contributed by atoms with Gasteiger partial charge in [-0.05, 0) is 0 Å². The second-order valence-electron chi connectivity index (χ2n) is 2.95. The topological polar surface area (TPSA) is 30.8 Å². The zero-order chi connectivity index (χ0) is 7.03. The van der Waals surface area contributed by atoms with Crippen molar-refractivity contribution in [2.45, 2.75) is 18.9 Å². The summed E-state index contributed by atoms with van der Waals surface area (Å²) >= 11 is 0. The summed E-state index contributed by atoms with van der Waals surface area (Å²) in [6, 6.07) is 0. The second-order valence-corrected chi connectivity index (χ2v) is 2.95. The molecule has 0 aromatic rings. The van der Waals surface area contributed by atoms with Crippen LogP contribution in [-0.4, -0.2) is 31.3 Å². The van der Waals surface area contributed by atoms with Gasteiger partial charge in [0.2, 0.25) is 0 Å². The van der Waals surface area contributed by atoms with Crippen LogP contribution >= 0.6 is 0 Å². The fraction of sp³-hybridized carbons (Fsp3) is 0.857. The molecule has 0 aromatic carbocycles. The Morgan fingerprint density at radius 2 is 2.40 bits per heavy atom. The van der Waals surface area contributed by atoms with E-state index in [0.717, 1.165) is 32.1 Å². The maximum absolute atomic E-state index is 5.26. The van der Waals surface area contributed by atoms with Gasteiger partial charge in [-0.15, -0.1) is 0 Å². The van der Waals surface area contributed by atoms with E-state index in [4.69, 9.17) is 9.47 Å². The Bertz CT molecular complexity index is 170. The minimum absolute atomic E-state index is 0.00405. The molecule has 0 amide bonds. The Balaban J connectivity index is 2.16. The highest BCUT2D eigenvalue weighted by atomic mass is 16.5. The molecule has 3 nitrogen and oxygen atoms in total. The van der Waals surface area contributed by atoms with Crippen molar-refractivity contribution in [1.82, 2.24) is 0 Å². The van der Waals surface area contributed by atoms with Crippen LogP contribution < -0.4 is 0 Å². The highest BCUT2D eigenvalue weighted by Gasteiger charge is 2.39. The predicted molar refractivity (Wildman–Crippen MR) is 37.2 cm³/mol. The second kappa shape index (κ2) is 1.95. The molecule has 3 heteroatoms. The lowest BCUT2D eigenvalue weighted by molar-refractivity contribution is 0.164. The zero-order valence-corrected chi connectivity index (χ0v) is 6.09. The molecule has 1 atom stereocenters. The standard InChI is InChI=1S/C7H11NO2/c1-6-8-7(5-10-6)2-3-9-4-7/h2-5H2,1H3. The van der Waals surface area contributed by atoms with Crippen molar-refractivity contribution in [3.05, 3.63) is 0 Å². The summed E-state index contributed by atoms with van der Waals surface area (Å²) in [4.78, 5) is 4.39. The number of aliphatic imine (C=N–C) groups is 1. The fourth-order valence-electron chi connectivity index (χ4n) is 1.44. The molecule has 0 radical (unpaired) electrons. The smallest absolute Gasteiger partial charge is 0.180 e. The average molecular weight is 141 g/mol. The van der Waals surface area contributed by atoms with Gasteiger partial charge in [0.15, 0.2) is 5.90 Å². The van der Waals surface area contributed by atoms with Crippen molar-refractivity contribution in [2.24, 2.45) is 4.99 Å². The molecule has 2 rings (SSSR count). The van der Waals surface area contributed by atoms with Gasteiger partial charge in [0, 0.05) is 20.0 Å². The highest BCUT2D eigenvalue weighted by Crippen LogP contribution is 2.27. The van der Waals surface area contributed by atoms with E-state index in [2.05, 4.69) is 4.99 Å². The van der Waals surface area contributed by atoms with Gasteiger partial charge >= 0.3 is 0 Å². The van der Waals surface area contributed by atoms with E-state index < -0.39 is 0 Å². The first-order valence-corrected chi connectivity index (χ1v) is 3.58. The van der Waals surface area contributed by atoms with Crippen LogP contribution in [0.2, 0.25) is 0 Å². The molecule has 1 saturated heterocycles.